The van der Waals surface area contributed by atoms with Gasteiger partial charge in [0.05, 0.1) is 11.5 Å². The molecule has 0 aromatic rings. The minimum atomic E-state index is 0.155. The number of carbonyl (C=O) groups excluding carboxylic acids is 2. The molecule has 0 saturated carbocycles. The third-order valence-corrected chi connectivity index (χ3v) is 4.65. The van der Waals surface area contributed by atoms with E-state index < -0.39 is 0 Å². The summed E-state index contributed by atoms with van der Waals surface area (Å²) in [5.41, 5.74) is 0. The molecule has 0 aliphatic rings. The molecule has 0 fully saturated rings. The molecule has 2 amide bonds. The summed E-state index contributed by atoms with van der Waals surface area (Å²) in [5.74, 6) is 1.45. The number of nitrogens with one attached hydrogen (secondary N) is 2. The lowest BCUT2D eigenvalue weighted by molar-refractivity contribution is -0.119. The number of unbranched alkanes of at least 4 members (excludes halogenated alkanes) is 8. The lowest BCUT2D eigenvalue weighted by Gasteiger charge is -2.05. The first-order valence-electron chi connectivity index (χ1n) is 8.72. The molecule has 0 aliphatic heterocycles. The fourth-order valence-electron chi connectivity index (χ4n) is 2.31. The van der Waals surface area contributed by atoms with Gasteiger partial charge in [-0.25, -0.2) is 0 Å². The number of amides is 2. The standard InChI is InChI=1S/C17H34N2O2S2/c1-22-14-16(20)18-12-10-8-6-4-3-5-7-9-11-13-19-17(21)15-23-2/h3-15H2,1-2H3,(H,18,20)(H,19,21). The van der Waals surface area contributed by atoms with Crippen LogP contribution in [0.2, 0.25) is 0 Å². The van der Waals surface area contributed by atoms with Gasteiger partial charge in [-0.15, -0.1) is 0 Å². The highest BCUT2D eigenvalue weighted by molar-refractivity contribution is 7.99. The molecule has 136 valence electrons. The third kappa shape index (κ3) is 17.8. The van der Waals surface area contributed by atoms with Crippen LogP contribution in [0.25, 0.3) is 0 Å². The van der Waals surface area contributed by atoms with Crippen LogP contribution in [-0.2, 0) is 9.59 Å². The van der Waals surface area contributed by atoms with Crippen molar-refractivity contribution in [3.05, 3.63) is 0 Å². The van der Waals surface area contributed by atoms with Crippen LogP contribution in [0, 0.1) is 0 Å². The van der Waals surface area contributed by atoms with Crippen LogP contribution in [0.1, 0.15) is 57.8 Å². The number of hydrogen-bond acceptors (Lipinski definition) is 4. The van der Waals surface area contributed by atoms with E-state index in [9.17, 15) is 9.59 Å². The average molecular weight is 363 g/mol. The Balaban J connectivity index is 3.11. The van der Waals surface area contributed by atoms with Crippen molar-refractivity contribution >= 4 is 35.3 Å². The highest BCUT2D eigenvalue weighted by Crippen LogP contribution is 2.09. The van der Waals surface area contributed by atoms with Gasteiger partial charge in [-0.05, 0) is 25.4 Å². The third-order valence-electron chi connectivity index (χ3n) is 3.55. The highest BCUT2D eigenvalue weighted by atomic mass is 32.2. The van der Waals surface area contributed by atoms with Crippen molar-refractivity contribution < 1.29 is 9.59 Å². The van der Waals surface area contributed by atoms with Crippen molar-refractivity contribution in [1.82, 2.24) is 10.6 Å². The molecule has 0 aromatic carbocycles. The monoisotopic (exact) mass is 362 g/mol. The van der Waals surface area contributed by atoms with Crippen LogP contribution in [0.15, 0.2) is 0 Å². The first-order chi connectivity index (χ1) is 11.2. The quantitative estimate of drug-likeness (QED) is 0.413. The van der Waals surface area contributed by atoms with Gasteiger partial charge in [-0.2, -0.15) is 23.5 Å². The fraction of sp³-hybridized carbons (Fsp3) is 0.882. The molecule has 0 unspecified atom stereocenters. The summed E-state index contributed by atoms with van der Waals surface area (Å²) in [6.07, 6.45) is 14.9. The Morgan fingerprint density at radius 2 is 0.913 bits per heavy atom. The second-order valence-corrected chi connectivity index (χ2v) is 7.48. The molecule has 0 aromatic heterocycles. The molecule has 2 N–H and O–H groups in total. The average Bonchev–Trinajstić information content (AvgIpc) is 2.52. The van der Waals surface area contributed by atoms with Gasteiger partial charge in [0.1, 0.15) is 0 Å². The summed E-state index contributed by atoms with van der Waals surface area (Å²) in [4.78, 5) is 22.5. The first-order valence-corrected chi connectivity index (χ1v) is 11.5. The lowest BCUT2D eigenvalue weighted by Crippen LogP contribution is -2.25. The SMILES string of the molecule is CSCC(=O)NCCCCCCCCCCCNC(=O)CSC. The van der Waals surface area contributed by atoms with E-state index in [2.05, 4.69) is 10.6 Å². The topological polar surface area (TPSA) is 58.2 Å². The van der Waals surface area contributed by atoms with Gasteiger partial charge in [-0.3, -0.25) is 9.59 Å². The minimum absolute atomic E-state index is 0.155. The zero-order valence-corrected chi connectivity index (χ0v) is 16.5. The Hall–Kier alpha value is -0.360. The van der Waals surface area contributed by atoms with Crippen molar-refractivity contribution in [2.75, 3.05) is 37.1 Å². The molecule has 0 heterocycles. The predicted octanol–water partition coefficient (Wildman–Crippen LogP) is 3.46. The molecule has 0 aliphatic carbocycles. The Bertz CT molecular complexity index is 274. The summed E-state index contributed by atoms with van der Waals surface area (Å²) in [7, 11) is 0. The van der Waals surface area contributed by atoms with Crippen molar-refractivity contribution in [1.29, 1.82) is 0 Å². The Kier molecular flexibility index (Phi) is 17.7. The number of rotatable bonds is 16. The van der Waals surface area contributed by atoms with Crippen LogP contribution >= 0.6 is 23.5 Å². The normalized spacial score (nSPS) is 10.5. The van der Waals surface area contributed by atoms with E-state index >= 15 is 0 Å². The van der Waals surface area contributed by atoms with Gasteiger partial charge in [0, 0.05) is 13.1 Å². The van der Waals surface area contributed by atoms with Gasteiger partial charge in [0.15, 0.2) is 0 Å². The largest absolute Gasteiger partial charge is 0.355 e. The van der Waals surface area contributed by atoms with Crippen LogP contribution < -0.4 is 10.6 Å². The molecule has 0 spiro atoms. The molecule has 0 rings (SSSR count). The molecule has 0 radical (unpaired) electrons. The molecule has 23 heavy (non-hydrogen) atoms. The maximum Gasteiger partial charge on any atom is 0.229 e. The van der Waals surface area contributed by atoms with E-state index in [1.807, 2.05) is 12.5 Å². The van der Waals surface area contributed by atoms with Crippen molar-refractivity contribution in [2.45, 2.75) is 57.8 Å². The van der Waals surface area contributed by atoms with E-state index in [-0.39, 0.29) is 11.8 Å². The molecular formula is C17H34N2O2S2. The second-order valence-electron chi connectivity index (χ2n) is 5.75. The predicted molar refractivity (Wildman–Crippen MR) is 104 cm³/mol. The fourth-order valence-corrected chi connectivity index (χ4v) is 3.04. The van der Waals surface area contributed by atoms with E-state index in [0.717, 1.165) is 25.9 Å². The Morgan fingerprint density at radius 1 is 0.609 bits per heavy atom. The molecule has 4 nitrogen and oxygen atoms in total. The molecule has 0 atom stereocenters. The first kappa shape index (κ1) is 22.6. The van der Waals surface area contributed by atoms with Gasteiger partial charge in [0.25, 0.3) is 0 Å². The minimum Gasteiger partial charge on any atom is -0.355 e. The van der Waals surface area contributed by atoms with Gasteiger partial charge in [-0.1, -0.05) is 44.9 Å². The molecule has 0 saturated heterocycles. The Labute approximate surface area is 150 Å². The van der Waals surface area contributed by atoms with Crippen molar-refractivity contribution in [2.24, 2.45) is 0 Å². The maximum atomic E-state index is 11.2. The zero-order valence-electron chi connectivity index (χ0n) is 14.8. The van der Waals surface area contributed by atoms with Crippen LogP contribution in [-0.4, -0.2) is 48.9 Å². The molecule has 0 bridgehead atoms. The second kappa shape index (κ2) is 18.0. The van der Waals surface area contributed by atoms with Crippen molar-refractivity contribution in [3.8, 4) is 0 Å². The maximum absolute atomic E-state index is 11.2. The number of hydrogen-bond donors (Lipinski definition) is 2. The van der Waals surface area contributed by atoms with Gasteiger partial charge in [0.2, 0.25) is 11.8 Å². The highest BCUT2D eigenvalue weighted by Gasteiger charge is 1.99. The summed E-state index contributed by atoms with van der Waals surface area (Å²) >= 11 is 3.13. The van der Waals surface area contributed by atoms with Crippen LogP contribution in [0.5, 0.6) is 0 Å². The summed E-state index contributed by atoms with van der Waals surface area (Å²) in [5, 5.41) is 5.88. The summed E-state index contributed by atoms with van der Waals surface area (Å²) in [6.45, 7) is 1.64. The van der Waals surface area contributed by atoms with Gasteiger partial charge < -0.3 is 10.6 Å². The van der Waals surface area contributed by atoms with Crippen LogP contribution in [0.4, 0.5) is 0 Å². The van der Waals surface area contributed by atoms with Crippen LogP contribution in [0.3, 0.4) is 0 Å². The number of carbonyl (C=O) groups is 2. The number of thioether (sulfide) groups is 2. The van der Waals surface area contributed by atoms with E-state index in [1.54, 1.807) is 23.5 Å². The van der Waals surface area contributed by atoms with E-state index in [0.29, 0.717) is 11.5 Å². The smallest absolute Gasteiger partial charge is 0.229 e. The van der Waals surface area contributed by atoms with E-state index in [4.69, 9.17) is 0 Å². The zero-order chi connectivity index (χ0) is 17.2. The van der Waals surface area contributed by atoms with Crippen molar-refractivity contribution in [3.63, 3.8) is 0 Å². The van der Waals surface area contributed by atoms with E-state index in [1.165, 1.54) is 44.9 Å². The summed E-state index contributed by atoms with van der Waals surface area (Å²) in [6, 6.07) is 0. The molecular weight excluding hydrogens is 328 g/mol. The summed E-state index contributed by atoms with van der Waals surface area (Å²) < 4.78 is 0. The lowest BCUT2D eigenvalue weighted by atomic mass is 10.1. The molecule has 6 heteroatoms. The Morgan fingerprint density at radius 3 is 1.22 bits per heavy atom. The van der Waals surface area contributed by atoms with Gasteiger partial charge >= 0.3 is 0 Å².